The van der Waals surface area contributed by atoms with Crippen LogP contribution in [0.5, 0.6) is 0 Å². The number of carboxylic acids is 1. The molecule has 2 aromatic carbocycles. The molecule has 0 spiro atoms. The number of carbonyl (C=O) groups excluding carboxylic acids is 7. The number of hydrogen-bond acceptors (Lipinski definition) is 17. The van der Waals surface area contributed by atoms with Crippen molar-refractivity contribution in [2.45, 2.75) is 113 Å². The second-order valence-corrected chi connectivity index (χ2v) is 19.5. The van der Waals surface area contributed by atoms with E-state index in [0.29, 0.717) is 16.5 Å². The summed E-state index contributed by atoms with van der Waals surface area (Å²) in [4.78, 5) is 133. The van der Waals surface area contributed by atoms with Crippen LogP contribution in [0.25, 0.3) is 21.9 Å². The molecule has 3 aliphatic heterocycles. The van der Waals surface area contributed by atoms with Crippen LogP contribution in [0, 0.1) is 22.0 Å². The number of non-ortho nitro benzene ring substituents is 1. The van der Waals surface area contributed by atoms with Crippen molar-refractivity contribution in [3.63, 3.8) is 0 Å². The molecule has 1 fully saturated rings. The van der Waals surface area contributed by atoms with Crippen LogP contribution in [-0.4, -0.2) is 166 Å². The summed E-state index contributed by atoms with van der Waals surface area (Å²) in [5, 5.41) is 76.0. The molecular formula is C44H53N11O15S. The number of nitro groups is 1. The summed E-state index contributed by atoms with van der Waals surface area (Å²) in [5.41, 5.74) is -3.15. The van der Waals surface area contributed by atoms with E-state index >= 15 is 9.59 Å². The molecule has 2 bridgehead atoms. The van der Waals surface area contributed by atoms with Crippen LogP contribution >= 0.6 is 11.8 Å². The minimum absolute atomic E-state index is 0.262. The summed E-state index contributed by atoms with van der Waals surface area (Å²) in [6, 6.07) is -3.10. The number of nitrogens with one attached hydrogen (secondary N) is 6. The summed E-state index contributed by atoms with van der Waals surface area (Å²) in [7, 11) is 0. The van der Waals surface area contributed by atoms with Gasteiger partial charge in [0.25, 0.3) is 5.91 Å². The Labute approximate surface area is 407 Å². The van der Waals surface area contributed by atoms with Crippen LogP contribution in [0.3, 0.4) is 0 Å². The van der Waals surface area contributed by atoms with Gasteiger partial charge in [-0.05, 0) is 54.7 Å². The Hall–Kier alpha value is -7.23. The minimum atomic E-state index is -2.13. The number of aliphatic carboxylic acids is 1. The first-order chi connectivity index (χ1) is 33.5. The number of nitrogens with zero attached hydrogens (tertiary/aromatic N) is 5. The van der Waals surface area contributed by atoms with E-state index < -0.39 is 166 Å². The molecule has 26 nitrogen and oxygen atoms in total. The fourth-order valence-electron chi connectivity index (χ4n) is 8.84. The topological polar surface area (TPSA) is 382 Å². The molecular weight excluding hydrogens is 955 g/mol. The zero-order valence-electron chi connectivity index (χ0n) is 38.9. The zero-order valence-corrected chi connectivity index (χ0v) is 39.7. The first-order valence-electron chi connectivity index (χ1n) is 22.5. The minimum Gasteiger partial charge on any atom is -0.481 e. The van der Waals surface area contributed by atoms with Gasteiger partial charge in [0.05, 0.1) is 39.9 Å². The van der Waals surface area contributed by atoms with Gasteiger partial charge in [-0.25, -0.2) is 4.63 Å². The number of para-hydroxylation sites is 1. The predicted octanol–water partition coefficient (Wildman–Crippen LogP) is -1.41. The molecule has 5 heterocycles. The number of carboxylic acid groups (broad SMARTS) is 1. The summed E-state index contributed by atoms with van der Waals surface area (Å²) < 4.78 is 4.94. The maximum Gasteiger partial charge on any atom is 0.308 e. The summed E-state index contributed by atoms with van der Waals surface area (Å²) in [5.74, 6) is -12.2. The number of H-pyrrole nitrogens is 1. The molecule has 380 valence electrons. The third-order valence-electron chi connectivity index (χ3n) is 12.8. The van der Waals surface area contributed by atoms with Crippen LogP contribution < -0.4 is 31.5 Å². The summed E-state index contributed by atoms with van der Waals surface area (Å²) in [6.45, 7) is 5.17. The summed E-state index contributed by atoms with van der Waals surface area (Å²) >= 11 is 0.908. The number of anilines is 1. The van der Waals surface area contributed by atoms with Gasteiger partial charge in [0.1, 0.15) is 42.3 Å². The molecule has 4 aromatic rings. The average molecular weight is 1010 g/mol. The van der Waals surface area contributed by atoms with Gasteiger partial charge in [0.2, 0.25) is 41.0 Å². The lowest BCUT2D eigenvalue weighted by Crippen LogP contribution is -2.63. The number of hydrogen-bond donors (Lipinski definition) is 10. The highest BCUT2D eigenvalue weighted by atomic mass is 32.2. The molecule has 7 rings (SSSR count). The van der Waals surface area contributed by atoms with Crippen molar-refractivity contribution in [1.29, 1.82) is 0 Å². The van der Waals surface area contributed by atoms with Gasteiger partial charge >= 0.3 is 11.7 Å². The third-order valence-corrected chi connectivity index (χ3v) is 13.9. The maximum absolute atomic E-state index is 15.7. The highest BCUT2D eigenvalue weighted by Crippen LogP contribution is 2.38. The Bertz CT molecular complexity index is 2800. The van der Waals surface area contributed by atoms with Gasteiger partial charge in [0.15, 0.2) is 5.52 Å². The van der Waals surface area contributed by atoms with E-state index in [-0.39, 0.29) is 17.9 Å². The van der Waals surface area contributed by atoms with Crippen molar-refractivity contribution in [1.82, 2.24) is 46.8 Å². The number of aromatic amines is 1. The van der Waals surface area contributed by atoms with Crippen LogP contribution in [0.4, 0.5) is 11.4 Å². The molecule has 0 saturated carbocycles. The van der Waals surface area contributed by atoms with Gasteiger partial charge in [0, 0.05) is 48.5 Å². The zero-order chi connectivity index (χ0) is 51.8. The van der Waals surface area contributed by atoms with Gasteiger partial charge < -0.3 is 56.9 Å². The normalized spacial score (nSPS) is 26.7. The first-order valence-corrected chi connectivity index (χ1v) is 23.5. The molecule has 7 amide bonds. The molecule has 71 heavy (non-hydrogen) atoms. The number of carbonyl (C=O) groups is 8. The third kappa shape index (κ3) is 10.6. The number of nitro benzene ring substituents is 1. The fourth-order valence-corrected chi connectivity index (χ4v) is 10.0. The molecule has 0 radical (unpaired) electrons. The molecule has 27 heteroatoms. The molecule has 1 unspecified atom stereocenters. The van der Waals surface area contributed by atoms with Crippen molar-refractivity contribution in [2.75, 3.05) is 23.8 Å². The summed E-state index contributed by atoms with van der Waals surface area (Å²) in [6.07, 6.45) is -2.69. The van der Waals surface area contributed by atoms with Crippen molar-refractivity contribution < 1.29 is 68.3 Å². The van der Waals surface area contributed by atoms with Crippen molar-refractivity contribution >= 4 is 92.4 Å². The van der Waals surface area contributed by atoms with Crippen molar-refractivity contribution in [3.05, 3.63) is 52.1 Å². The molecule has 0 aliphatic carbocycles. The largest absolute Gasteiger partial charge is 0.481 e. The van der Waals surface area contributed by atoms with E-state index in [4.69, 9.17) is 4.63 Å². The number of aliphatic hydroxyl groups is 3. The van der Waals surface area contributed by atoms with E-state index in [1.165, 1.54) is 27.7 Å². The SMILES string of the molecule is CC(C)[C@@H]1NC(=O)[C@H](CC(C)(O)CO)NC(=O)[C@H]2Cc3c([nH]c4ccccc34)SC[C@H](C(=O)N3C[C@@H](O)C[C@H]3C(=O)N[C@@H](C)C(=O)N2)N(c2ccc([N+](=O)[O-])c3nonc23)C(=O)[C@@H]([C@H](C)C(=O)O)NC1=O. The fraction of sp³-hybridized carbons (Fsp3) is 0.500. The van der Waals surface area contributed by atoms with Gasteiger partial charge in [-0.2, -0.15) is 0 Å². The molecule has 2 aromatic heterocycles. The number of thioether (sulfide) groups is 1. The van der Waals surface area contributed by atoms with Gasteiger partial charge in [-0.1, -0.05) is 32.0 Å². The monoisotopic (exact) mass is 1010 g/mol. The standard InChI is InChI=1S/C44H53N11O15S/c1-18(2)31-39(62)50-32(19(3)43(65)66)42(64)54(27-10-11-28(55(68)69)34-33(27)51-70-52-34)30-16-71-40-23(22-8-6-7-9-24(22)48-40)13-25(36(59)47-26(37(60)49-31)14-44(5,67)17-56)46-35(58)20(4)45-38(61)29-12-21(57)15-53(29)41(30)63/h6-11,18-21,25-26,29-32,48,56-57,67H,12-17H2,1-5H3,(H,45,61)(H,46,58)(H,47,59)(H,49,60)(H,50,62)(H,65,66)/t19-,20-,21-,25+,26-,29-,30+,31-,32+,44?/m0/s1. The Morgan fingerprint density at radius 3 is 2.27 bits per heavy atom. The van der Waals surface area contributed by atoms with E-state index in [0.717, 1.165) is 40.6 Å². The Balaban J connectivity index is 1.54. The van der Waals surface area contributed by atoms with Gasteiger partial charge in [-0.3, -0.25) is 53.4 Å². The van der Waals surface area contributed by atoms with Crippen LogP contribution in [-0.2, 0) is 44.8 Å². The highest BCUT2D eigenvalue weighted by molar-refractivity contribution is 7.99. The lowest BCUT2D eigenvalue weighted by Gasteiger charge is -2.38. The van der Waals surface area contributed by atoms with E-state index in [2.05, 4.69) is 41.9 Å². The Morgan fingerprint density at radius 2 is 1.59 bits per heavy atom. The van der Waals surface area contributed by atoms with Gasteiger partial charge in [-0.15, -0.1) is 11.8 Å². The predicted molar refractivity (Wildman–Crippen MR) is 248 cm³/mol. The highest BCUT2D eigenvalue weighted by Gasteiger charge is 2.48. The number of fused-ring (bicyclic) bond motifs is 6. The average Bonchev–Trinajstić information content (AvgIpc) is 4.06. The lowest BCUT2D eigenvalue weighted by atomic mass is 9.94. The smallest absolute Gasteiger partial charge is 0.308 e. The molecule has 1 saturated heterocycles. The number of amides is 7. The van der Waals surface area contributed by atoms with Crippen LogP contribution in [0.1, 0.15) is 53.0 Å². The number of benzene rings is 2. The maximum atomic E-state index is 15.7. The number of rotatable bonds is 8. The lowest BCUT2D eigenvalue weighted by molar-refractivity contribution is -0.383. The second-order valence-electron chi connectivity index (χ2n) is 18.5. The molecule has 10 atom stereocenters. The van der Waals surface area contributed by atoms with E-state index in [1.807, 2.05) is 0 Å². The Kier molecular flexibility index (Phi) is 15.0. The van der Waals surface area contributed by atoms with Crippen molar-refractivity contribution in [2.24, 2.45) is 11.8 Å². The number of aliphatic hydroxyl groups excluding tert-OH is 2. The van der Waals surface area contributed by atoms with E-state index in [1.54, 1.807) is 24.3 Å². The van der Waals surface area contributed by atoms with Crippen LogP contribution in [0.15, 0.2) is 46.1 Å². The molecule has 3 aliphatic rings. The molecule has 10 N–H and O–H groups in total. The number of aromatic nitrogens is 3. The van der Waals surface area contributed by atoms with Crippen LogP contribution in [0.2, 0.25) is 0 Å². The van der Waals surface area contributed by atoms with E-state index in [9.17, 15) is 59.3 Å². The van der Waals surface area contributed by atoms with Crippen molar-refractivity contribution in [3.8, 4) is 0 Å². The Morgan fingerprint density at radius 1 is 0.901 bits per heavy atom. The first kappa shape index (κ1) is 51.6. The second kappa shape index (κ2) is 20.6. The quantitative estimate of drug-likeness (QED) is 0.0716.